The number of hydrogen-bond acceptors (Lipinski definition) is 3. The van der Waals surface area contributed by atoms with Crippen molar-refractivity contribution in [3.05, 3.63) is 28.8 Å². The predicted octanol–water partition coefficient (Wildman–Crippen LogP) is 3.11. The second-order valence-electron chi connectivity index (χ2n) is 5.07. The third kappa shape index (κ3) is 3.04. The van der Waals surface area contributed by atoms with Gasteiger partial charge in [0.1, 0.15) is 5.75 Å². The molecule has 0 amide bonds. The number of phenolic OH excluding ortho intramolecular Hbond substituents is 1. The van der Waals surface area contributed by atoms with Gasteiger partial charge in [-0.1, -0.05) is 13.8 Å². The van der Waals surface area contributed by atoms with Crippen molar-refractivity contribution in [1.82, 2.24) is 5.32 Å². The van der Waals surface area contributed by atoms with Crippen LogP contribution in [0.4, 0.5) is 8.78 Å². The summed E-state index contributed by atoms with van der Waals surface area (Å²) in [7, 11) is 0. The minimum absolute atomic E-state index is 0.119. The number of phenols is 1. The minimum Gasteiger partial charge on any atom is -0.507 e. The maximum absolute atomic E-state index is 13.0. The summed E-state index contributed by atoms with van der Waals surface area (Å²) in [5.74, 6) is -0.221. The van der Waals surface area contributed by atoms with Gasteiger partial charge in [0.2, 0.25) is 0 Å². The lowest BCUT2D eigenvalue weighted by molar-refractivity contribution is 0.0258. The molecule has 2 N–H and O–H groups in total. The van der Waals surface area contributed by atoms with Crippen LogP contribution >= 0.6 is 0 Å². The molecule has 1 atom stereocenters. The van der Waals surface area contributed by atoms with Crippen LogP contribution in [0.5, 0.6) is 5.75 Å². The largest absolute Gasteiger partial charge is 0.507 e. The predicted molar refractivity (Wildman–Crippen MR) is 68.7 cm³/mol. The van der Waals surface area contributed by atoms with Gasteiger partial charge in [-0.25, -0.2) is 8.78 Å². The molecule has 106 valence electrons. The third-order valence-corrected chi connectivity index (χ3v) is 3.37. The number of morpholine rings is 1. The van der Waals surface area contributed by atoms with E-state index in [0.717, 1.165) is 12.1 Å². The van der Waals surface area contributed by atoms with Crippen molar-refractivity contribution in [3.8, 4) is 5.75 Å². The summed E-state index contributed by atoms with van der Waals surface area (Å²) in [6.45, 7) is 5.65. The lowest BCUT2D eigenvalue weighted by atomic mass is 9.94. The second kappa shape index (κ2) is 5.84. The second-order valence-corrected chi connectivity index (χ2v) is 5.07. The molecule has 3 nitrogen and oxygen atoms in total. The van der Waals surface area contributed by atoms with E-state index in [0.29, 0.717) is 18.7 Å². The standard InChI is InChI=1S/C14H19F2NO2/c1-8(2)9-5-10(12-7-17-3-4-19-12)13(18)11(6-9)14(15)16/h5-6,8,12,14,17-18H,3-4,7H2,1-2H3. The normalized spacial score (nSPS) is 20.2. The Labute approximate surface area is 111 Å². The average molecular weight is 271 g/mol. The Morgan fingerprint density at radius 2 is 2.11 bits per heavy atom. The molecule has 1 unspecified atom stereocenters. The molecule has 1 aliphatic rings. The topological polar surface area (TPSA) is 41.5 Å². The molecule has 0 aromatic heterocycles. The van der Waals surface area contributed by atoms with Gasteiger partial charge < -0.3 is 15.2 Å². The van der Waals surface area contributed by atoms with E-state index in [4.69, 9.17) is 4.74 Å². The summed E-state index contributed by atoms with van der Waals surface area (Å²) in [6, 6.07) is 3.15. The number of halogens is 2. The molecule has 1 fully saturated rings. The maximum Gasteiger partial charge on any atom is 0.267 e. The van der Waals surface area contributed by atoms with Crippen LogP contribution < -0.4 is 5.32 Å². The van der Waals surface area contributed by atoms with Crippen molar-refractivity contribution < 1.29 is 18.6 Å². The van der Waals surface area contributed by atoms with Crippen LogP contribution in [0.2, 0.25) is 0 Å². The van der Waals surface area contributed by atoms with Crippen LogP contribution in [0.15, 0.2) is 12.1 Å². The molecule has 1 aromatic carbocycles. The smallest absolute Gasteiger partial charge is 0.267 e. The van der Waals surface area contributed by atoms with Crippen molar-refractivity contribution in [2.45, 2.75) is 32.3 Å². The van der Waals surface area contributed by atoms with Gasteiger partial charge in [0.25, 0.3) is 6.43 Å². The van der Waals surface area contributed by atoms with Crippen molar-refractivity contribution in [2.24, 2.45) is 0 Å². The fourth-order valence-corrected chi connectivity index (χ4v) is 2.21. The summed E-state index contributed by atoms with van der Waals surface area (Å²) in [4.78, 5) is 0. The SMILES string of the molecule is CC(C)c1cc(C(F)F)c(O)c(C2CNCCO2)c1. The van der Waals surface area contributed by atoms with E-state index in [1.807, 2.05) is 13.8 Å². The quantitative estimate of drug-likeness (QED) is 0.887. The molecule has 19 heavy (non-hydrogen) atoms. The molecule has 0 bridgehead atoms. The van der Waals surface area contributed by atoms with Crippen molar-refractivity contribution in [2.75, 3.05) is 19.7 Å². The van der Waals surface area contributed by atoms with Crippen LogP contribution in [-0.2, 0) is 4.74 Å². The van der Waals surface area contributed by atoms with Gasteiger partial charge in [-0.05, 0) is 23.6 Å². The number of nitrogens with one attached hydrogen (secondary N) is 1. The zero-order chi connectivity index (χ0) is 14.0. The van der Waals surface area contributed by atoms with E-state index in [1.54, 1.807) is 6.07 Å². The van der Waals surface area contributed by atoms with Crippen LogP contribution in [-0.4, -0.2) is 24.8 Å². The number of ether oxygens (including phenoxy) is 1. The zero-order valence-electron chi connectivity index (χ0n) is 11.1. The first kappa shape index (κ1) is 14.2. The van der Waals surface area contributed by atoms with Crippen LogP contribution in [0.1, 0.15) is 49.0 Å². The molecule has 0 radical (unpaired) electrons. The van der Waals surface area contributed by atoms with Crippen molar-refractivity contribution in [1.29, 1.82) is 0 Å². The Hall–Kier alpha value is -1.20. The highest BCUT2D eigenvalue weighted by Gasteiger charge is 2.25. The van der Waals surface area contributed by atoms with Gasteiger partial charge in [-0.15, -0.1) is 0 Å². The fraction of sp³-hybridized carbons (Fsp3) is 0.571. The summed E-state index contributed by atoms with van der Waals surface area (Å²) >= 11 is 0. The Bertz CT molecular complexity index is 443. The lowest BCUT2D eigenvalue weighted by Crippen LogP contribution is -2.33. The highest BCUT2D eigenvalue weighted by Crippen LogP contribution is 2.38. The van der Waals surface area contributed by atoms with E-state index >= 15 is 0 Å². The molecular formula is C14H19F2NO2. The number of hydrogen-bond donors (Lipinski definition) is 2. The first-order valence-corrected chi connectivity index (χ1v) is 6.48. The molecule has 1 aliphatic heterocycles. The van der Waals surface area contributed by atoms with Gasteiger partial charge in [0.15, 0.2) is 0 Å². The first-order chi connectivity index (χ1) is 9.00. The van der Waals surface area contributed by atoms with Crippen LogP contribution in [0, 0.1) is 0 Å². The molecule has 0 spiro atoms. The van der Waals surface area contributed by atoms with Gasteiger partial charge in [0, 0.05) is 18.7 Å². The molecule has 1 aromatic rings. The third-order valence-electron chi connectivity index (χ3n) is 3.37. The lowest BCUT2D eigenvalue weighted by Gasteiger charge is -2.26. The monoisotopic (exact) mass is 271 g/mol. The minimum atomic E-state index is -2.69. The Morgan fingerprint density at radius 3 is 2.63 bits per heavy atom. The number of benzene rings is 1. The average Bonchev–Trinajstić information content (AvgIpc) is 2.39. The Kier molecular flexibility index (Phi) is 4.37. The van der Waals surface area contributed by atoms with E-state index < -0.39 is 6.43 Å². The van der Waals surface area contributed by atoms with Crippen molar-refractivity contribution >= 4 is 0 Å². The summed E-state index contributed by atoms with van der Waals surface area (Å²) < 4.78 is 31.6. The van der Waals surface area contributed by atoms with Gasteiger partial charge in [-0.2, -0.15) is 0 Å². The maximum atomic E-state index is 13.0. The van der Waals surface area contributed by atoms with Gasteiger partial charge in [0.05, 0.1) is 18.3 Å². The van der Waals surface area contributed by atoms with Crippen molar-refractivity contribution in [3.63, 3.8) is 0 Å². The fourth-order valence-electron chi connectivity index (χ4n) is 2.21. The molecule has 0 aliphatic carbocycles. The number of aromatic hydroxyl groups is 1. The van der Waals surface area contributed by atoms with E-state index in [1.165, 1.54) is 6.07 Å². The summed E-state index contributed by atoms with van der Waals surface area (Å²) in [5.41, 5.74) is 0.932. The molecule has 1 saturated heterocycles. The zero-order valence-corrected chi connectivity index (χ0v) is 11.1. The summed E-state index contributed by atoms with van der Waals surface area (Å²) in [5, 5.41) is 13.2. The first-order valence-electron chi connectivity index (χ1n) is 6.48. The highest BCUT2D eigenvalue weighted by atomic mass is 19.3. The van der Waals surface area contributed by atoms with Gasteiger partial charge in [-0.3, -0.25) is 0 Å². The highest BCUT2D eigenvalue weighted by molar-refractivity contribution is 5.46. The van der Waals surface area contributed by atoms with E-state index in [9.17, 15) is 13.9 Å². The molecule has 2 rings (SSSR count). The van der Waals surface area contributed by atoms with Crippen LogP contribution in [0.25, 0.3) is 0 Å². The molecule has 0 saturated carbocycles. The molecule has 1 heterocycles. The molecule has 5 heteroatoms. The van der Waals surface area contributed by atoms with E-state index in [2.05, 4.69) is 5.32 Å². The number of rotatable bonds is 3. The van der Waals surface area contributed by atoms with E-state index in [-0.39, 0.29) is 23.3 Å². The van der Waals surface area contributed by atoms with Crippen LogP contribution in [0.3, 0.4) is 0 Å². The Balaban J connectivity index is 2.45. The van der Waals surface area contributed by atoms with Gasteiger partial charge >= 0.3 is 0 Å². The summed E-state index contributed by atoms with van der Waals surface area (Å²) in [6.07, 6.45) is -3.06. The Morgan fingerprint density at radius 1 is 1.37 bits per heavy atom. The number of alkyl halides is 2. The molecular weight excluding hydrogens is 252 g/mol.